The van der Waals surface area contributed by atoms with Crippen LogP contribution in [0, 0.1) is 0 Å². The van der Waals surface area contributed by atoms with E-state index in [4.69, 9.17) is 11.6 Å². The number of hydrogen-bond donors (Lipinski definition) is 0. The van der Waals surface area contributed by atoms with Gasteiger partial charge in [0, 0.05) is 18.1 Å². The summed E-state index contributed by atoms with van der Waals surface area (Å²) in [4.78, 5) is 13.3. The van der Waals surface area contributed by atoms with Gasteiger partial charge in [0.25, 0.3) is 0 Å². The summed E-state index contributed by atoms with van der Waals surface area (Å²) in [5.74, 6) is -1.39. The van der Waals surface area contributed by atoms with E-state index in [-0.39, 0.29) is 36.0 Å². The Morgan fingerprint density at radius 2 is 1.82 bits per heavy atom. The van der Waals surface area contributed by atoms with Crippen LogP contribution in [-0.4, -0.2) is 29.4 Å². The Labute approximate surface area is 159 Å². The molecule has 0 fully saturated rings. The highest BCUT2D eigenvalue weighted by Gasteiger charge is 2.44. The van der Waals surface area contributed by atoms with E-state index < -0.39 is 35.1 Å². The highest BCUT2D eigenvalue weighted by molar-refractivity contribution is 6.30. The van der Waals surface area contributed by atoms with E-state index in [2.05, 4.69) is 9.84 Å². The van der Waals surface area contributed by atoms with Crippen molar-refractivity contribution in [1.29, 1.82) is 0 Å². The lowest BCUT2D eigenvalue weighted by atomic mass is 10.1. The summed E-state index contributed by atoms with van der Waals surface area (Å²) in [5.41, 5.74) is -3.03. The Bertz CT molecular complexity index is 922. The lowest BCUT2D eigenvalue weighted by molar-refractivity contribution is -0.142. The molecular weight excluding hydrogens is 416 g/mol. The predicted octanol–water partition coefficient (Wildman–Crippen LogP) is 4.38. The molecule has 5 nitrogen and oxygen atoms in total. The Balaban J connectivity index is 2.03. The normalized spacial score (nSPS) is 14.4. The van der Waals surface area contributed by atoms with E-state index in [9.17, 15) is 31.1 Å². The van der Waals surface area contributed by atoms with E-state index in [1.165, 1.54) is 11.0 Å². The fourth-order valence-corrected chi connectivity index (χ4v) is 3.28. The highest BCUT2D eigenvalue weighted by Crippen LogP contribution is 2.39. The van der Waals surface area contributed by atoms with Gasteiger partial charge in [-0.25, -0.2) is 9.48 Å². The van der Waals surface area contributed by atoms with Gasteiger partial charge in [0.15, 0.2) is 5.69 Å². The fraction of sp³-hybridized carbons (Fsp3) is 0.375. The molecule has 0 bridgehead atoms. The van der Waals surface area contributed by atoms with Gasteiger partial charge in [0.05, 0.1) is 19.2 Å². The average Bonchev–Trinajstić information content (AvgIpc) is 3.12. The second-order valence-electron chi connectivity index (χ2n) is 6.03. The number of alkyl halides is 6. The zero-order chi connectivity index (χ0) is 20.9. The van der Waals surface area contributed by atoms with Crippen LogP contribution < -0.4 is 4.90 Å². The second-order valence-corrected chi connectivity index (χ2v) is 6.46. The van der Waals surface area contributed by atoms with E-state index in [1.807, 2.05) is 0 Å². The molecule has 0 radical (unpaired) electrons. The van der Waals surface area contributed by atoms with Crippen LogP contribution in [0.5, 0.6) is 0 Å². The number of ether oxygens (including phenoxy) is 1. The van der Waals surface area contributed by atoms with Crippen molar-refractivity contribution in [2.75, 3.05) is 18.6 Å². The van der Waals surface area contributed by atoms with Gasteiger partial charge in [0.1, 0.15) is 11.4 Å². The van der Waals surface area contributed by atoms with Gasteiger partial charge >= 0.3 is 18.3 Å². The van der Waals surface area contributed by atoms with Crippen molar-refractivity contribution >= 4 is 23.4 Å². The zero-order valence-electron chi connectivity index (χ0n) is 14.2. The number of benzene rings is 1. The van der Waals surface area contributed by atoms with E-state index in [0.29, 0.717) is 0 Å². The van der Waals surface area contributed by atoms with Crippen molar-refractivity contribution < 1.29 is 35.9 Å². The molecule has 0 spiro atoms. The number of hydrogen-bond acceptors (Lipinski definition) is 4. The Kier molecular flexibility index (Phi) is 4.98. The van der Waals surface area contributed by atoms with Gasteiger partial charge in [-0.15, -0.1) is 0 Å². The first-order valence-corrected chi connectivity index (χ1v) is 8.17. The topological polar surface area (TPSA) is 47.4 Å². The molecule has 0 atom stereocenters. The molecule has 0 saturated heterocycles. The molecule has 152 valence electrons. The molecule has 28 heavy (non-hydrogen) atoms. The molecule has 2 aromatic rings. The summed E-state index contributed by atoms with van der Waals surface area (Å²) < 4.78 is 84.1. The van der Waals surface area contributed by atoms with Crippen molar-refractivity contribution in [2.24, 2.45) is 0 Å². The first kappa shape index (κ1) is 20.3. The maximum atomic E-state index is 13.2. The Hall–Kier alpha value is -2.43. The summed E-state index contributed by atoms with van der Waals surface area (Å²) >= 11 is 5.75. The summed E-state index contributed by atoms with van der Waals surface area (Å²) in [5, 5.41) is 3.28. The van der Waals surface area contributed by atoms with Gasteiger partial charge in [-0.3, -0.25) is 0 Å². The molecule has 0 unspecified atom stereocenters. The molecule has 0 saturated carbocycles. The molecular formula is C16H12ClF6N3O2. The van der Waals surface area contributed by atoms with Crippen molar-refractivity contribution in [3.8, 4) is 0 Å². The number of halogens is 7. The molecule has 1 aromatic carbocycles. The van der Waals surface area contributed by atoms with Gasteiger partial charge in [-0.05, 0) is 23.8 Å². The molecule has 12 heteroatoms. The number of aromatic nitrogens is 2. The Morgan fingerprint density at radius 1 is 1.14 bits per heavy atom. The van der Waals surface area contributed by atoms with Gasteiger partial charge in [-0.1, -0.05) is 11.6 Å². The van der Waals surface area contributed by atoms with Crippen LogP contribution in [0.15, 0.2) is 18.2 Å². The number of methoxy groups -OCH3 is 1. The molecule has 1 aromatic heterocycles. The van der Waals surface area contributed by atoms with E-state index in [1.54, 1.807) is 0 Å². The minimum atomic E-state index is -4.90. The molecule has 2 heterocycles. The number of rotatable bonds is 3. The van der Waals surface area contributed by atoms with Crippen LogP contribution in [0.1, 0.15) is 27.2 Å². The predicted molar refractivity (Wildman–Crippen MR) is 86.1 cm³/mol. The summed E-state index contributed by atoms with van der Waals surface area (Å²) in [6.07, 6.45) is -9.53. The molecule has 1 aliphatic rings. The number of carbonyl (C=O) groups excluding carboxylic acids is 1. The summed E-state index contributed by atoms with van der Waals surface area (Å²) in [7, 11) is 0.929. The van der Waals surface area contributed by atoms with Crippen LogP contribution in [0.4, 0.5) is 32.2 Å². The maximum absolute atomic E-state index is 13.2. The quantitative estimate of drug-likeness (QED) is 0.539. The van der Waals surface area contributed by atoms with Crippen LogP contribution in [0.25, 0.3) is 0 Å². The SMILES string of the molecule is COC(=O)c1c(C(F)(F)F)nn2c1N(Cc1cc(Cl)cc(C(F)(F)F)c1)CC2. The number of esters is 1. The number of carbonyl (C=O) groups is 1. The second kappa shape index (κ2) is 6.87. The highest BCUT2D eigenvalue weighted by atomic mass is 35.5. The van der Waals surface area contributed by atoms with Crippen molar-refractivity contribution in [1.82, 2.24) is 9.78 Å². The van der Waals surface area contributed by atoms with Crippen LogP contribution in [-0.2, 0) is 30.2 Å². The standard InChI is InChI=1S/C16H12ClF6N3O2/c1-28-14(27)11-12(16(21,22)23)24-26-3-2-25(13(11)26)7-8-4-9(15(18,19)20)6-10(17)5-8/h4-6H,2-3,7H2,1H3. The third-order valence-electron chi connectivity index (χ3n) is 4.12. The first-order valence-electron chi connectivity index (χ1n) is 7.79. The third-order valence-corrected chi connectivity index (χ3v) is 4.34. The van der Waals surface area contributed by atoms with Gasteiger partial charge in [-0.2, -0.15) is 31.4 Å². The number of anilines is 1. The van der Waals surface area contributed by atoms with Crippen LogP contribution in [0.2, 0.25) is 5.02 Å². The maximum Gasteiger partial charge on any atom is 0.436 e. The molecule has 0 amide bonds. The lowest BCUT2D eigenvalue weighted by Crippen LogP contribution is -2.24. The van der Waals surface area contributed by atoms with Gasteiger partial charge < -0.3 is 9.64 Å². The average molecular weight is 428 g/mol. The summed E-state index contributed by atoms with van der Waals surface area (Å²) in [6, 6.07) is 2.88. The first-order chi connectivity index (χ1) is 12.9. The van der Waals surface area contributed by atoms with Crippen molar-refractivity contribution in [3.05, 3.63) is 45.6 Å². The van der Waals surface area contributed by atoms with Crippen molar-refractivity contribution in [3.63, 3.8) is 0 Å². The number of nitrogens with zero attached hydrogens (tertiary/aromatic N) is 3. The van der Waals surface area contributed by atoms with Crippen molar-refractivity contribution in [2.45, 2.75) is 25.4 Å². The van der Waals surface area contributed by atoms with E-state index >= 15 is 0 Å². The monoisotopic (exact) mass is 427 g/mol. The third kappa shape index (κ3) is 3.75. The lowest BCUT2D eigenvalue weighted by Gasteiger charge is -2.20. The molecule has 3 rings (SSSR count). The number of fused-ring (bicyclic) bond motifs is 1. The zero-order valence-corrected chi connectivity index (χ0v) is 14.9. The molecule has 0 N–H and O–H groups in total. The van der Waals surface area contributed by atoms with Crippen LogP contribution in [0.3, 0.4) is 0 Å². The minimum absolute atomic E-state index is 0.0299. The summed E-state index contributed by atoms with van der Waals surface area (Å²) in [6.45, 7) is -0.0168. The smallest absolute Gasteiger partial charge is 0.436 e. The largest absolute Gasteiger partial charge is 0.465 e. The molecule has 0 aliphatic carbocycles. The fourth-order valence-electron chi connectivity index (χ4n) is 3.02. The Morgan fingerprint density at radius 3 is 2.39 bits per heavy atom. The minimum Gasteiger partial charge on any atom is -0.465 e. The van der Waals surface area contributed by atoms with E-state index in [0.717, 1.165) is 23.9 Å². The van der Waals surface area contributed by atoms with Gasteiger partial charge in [0.2, 0.25) is 0 Å². The van der Waals surface area contributed by atoms with Crippen LogP contribution >= 0.6 is 11.6 Å². The molecule has 1 aliphatic heterocycles.